The summed E-state index contributed by atoms with van der Waals surface area (Å²) >= 11 is 1.38. The lowest BCUT2D eigenvalue weighted by Crippen LogP contribution is -2.14. The number of carbonyl (C=O) groups is 2. The van der Waals surface area contributed by atoms with E-state index in [-0.39, 0.29) is 5.91 Å². The molecular formula is C17H19NO3S. The minimum atomic E-state index is -0.432. The molecule has 0 radical (unpaired) electrons. The Balaban J connectivity index is 1.97. The largest absolute Gasteiger partial charge is 0.465 e. The Bertz CT molecular complexity index is 674. The summed E-state index contributed by atoms with van der Waals surface area (Å²) in [5.74, 6) is -0.536. The molecule has 0 saturated carbocycles. The first-order valence-electron chi connectivity index (χ1n) is 7.03. The molecule has 0 spiro atoms. The van der Waals surface area contributed by atoms with E-state index in [9.17, 15) is 9.59 Å². The molecule has 1 heterocycles. The van der Waals surface area contributed by atoms with E-state index in [0.717, 1.165) is 10.4 Å². The van der Waals surface area contributed by atoms with Crippen LogP contribution < -0.4 is 5.32 Å². The van der Waals surface area contributed by atoms with Gasteiger partial charge in [0, 0.05) is 11.3 Å². The monoisotopic (exact) mass is 317 g/mol. The zero-order valence-electron chi connectivity index (χ0n) is 12.9. The average Bonchev–Trinajstić information content (AvgIpc) is 2.86. The van der Waals surface area contributed by atoms with E-state index < -0.39 is 5.97 Å². The molecule has 1 N–H and O–H groups in total. The van der Waals surface area contributed by atoms with E-state index >= 15 is 0 Å². The lowest BCUT2D eigenvalue weighted by atomic mass is 10.1. The van der Waals surface area contributed by atoms with Gasteiger partial charge in [-0.05, 0) is 31.9 Å². The summed E-state index contributed by atoms with van der Waals surface area (Å²) in [6, 6.07) is 9.85. The molecule has 1 aromatic heterocycles. The molecule has 0 aliphatic heterocycles. The van der Waals surface area contributed by atoms with Gasteiger partial charge in [-0.15, -0.1) is 11.3 Å². The minimum absolute atomic E-state index is 0.104. The number of aryl methyl sites for hydroxylation is 3. The highest BCUT2D eigenvalue weighted by Gasteiger charge is 2.17. The molecule has 5 heteroatoms. The van der Waals surface area contributed by atoms with Gasteiger partial charge < -0.3 is 10.1 Å². The van der Waals surface area contributed by atoms with Gasteiger partial charge in [0.2, 0.25) is 5.91 Å². The maximum absolute atomic E-state index is 12.1. The van der Waals surface area contributed by atoms with Crippen molar-refractivity contribution in [2.75, 3.05) is 12.4 Å². The maximum Gasteiger partial charge on any atom is 0.340 e. The van der Waals surface area contributed by atoms with Crippen molar-refractivity contribution in [3.05, 3.63) is 51.9 Å². The maximum atomic E-state index is 12.1. The van der Waals surface area contributed by atoms with E-state index in [0.29, 0.717) is 23.4 Å². The van der Waals surface area contributed by atoms with Gasteiger partial charge in [-0.1, -0.05) is 29.8 Å². The third-order valence-electron chi connectivity index (χ3n) is 3.27. The molecule has 2 aromatic rings. The molecule has 0 bridgehead atoms. The minimum Gasteiger partial charge on any atom is -0.465 e. The van der Waals surface area contributed by atoms with Crippen molar-refractivity contribution in [3.63, 3.8) is 0 Å². The van der Waals surface area contributed by atoms with Crippen molar-refractivity contribution in [2.45, 2.75) is 26.7 Å². The molecule has 22 heavy (non-hydrogen) atoms. The van der Waals surface area contributed by atoms with E-state index in [1.165, 1.54) is 24.0 Å². The molecule has 116 valence electrons. The van der Waals surface area contributed by atoms with Crippen molar-refractivity contribution < 1.29 is 14.3 Å². The average molecular weight is 317 g/mol. The van der Waals surface area contributed by atoms with E-state index in [4.69, 9.17) is 4.74 Å². The summed E-state index contributed by atoms with van der Waals surface area (Å²) < 4.78 is 4.73. The lowest BCUT2D eigenvalue weighted by Gasteiger charge is -2.06. The second kappa shape index (κ2) is 7.22. The second-order valence-electron chi connectivity index (χ2n) is 5.13. The zero-order chi connectivity index (χ0) is 16.1. The predicted octanol–water partition coefficient (Wildman–Crippen LogP) is 3.72. The lowest BCUT2D eigenvalue weighted by molar-refractivity contribution is -0.116. The van der Waals surface area contributed by atoms with Gasteiger partial charge in [0.25, 0.3) is 0 Å². The van der Waals surface area contributed by atoms with E-state index in [2.05, 4.69) is 5.32 Å². The molecule has 2 rings (SSSR count). The molecule has 4 nitrogen and oxygen atoms in total. The van der Waals surface area contributed by atoms with Crippen LogP contribution in [0.15, 0.2) is 30.3 Å². The van der Waals surface area contributed by atoms with E-state index in [1.54, 1.807) is 6.07 Å². The number of rotatable bonds is 5. The summed E-state index contributed by atoms with van der Waals surface area (Å²) in [5.41, 5.74) is 2.73. The number of esters is 1. The fourth-order valence-electron chi connectivity index (χ4n) is 2.07. The van der Waals surface area contributed by atoms with Crippen molar-refractivity contribution in [2.24, 2.45) is 0 Å². The number of benzene rings is 1. The Hall–Kier alpha value is -2.14. The van der Waals surface area contributed by atoms with Gasteiger partial charge in [-0.2, -0.15) is 0 Å². The number of anilines is 1. The Morgan fingerprint density at radius 1 is 1.18 bits per heavy atom. The van der Waals surface area contributed by atoms with Crippen LogP contribution in [0, 0.1) is 13.8 Å². The topological polar surface area (TPSA) is 55.4 Å². The Morgan fingerprint density at radius 3 is 2.50 bits per heavy atom. The van der Waals surface area contributed by atoms with Gasteiger partial charge in [0.1, 0.15) is 5.00 Å². The van der Waals surface area contributed by atoms with Crippen LogP contribution in [0.1, 0.15) is 32.8 Å². The second-order valence-corrected chi connectivity index (χ2v) is 6.38. The third-order valence-corrected chi connectivity index (χ3v) is 4.24. The van der Waals surface area contributed by atoms with Crippen molar-refractivity contribution >= 4 is 28.2 Å². The van der Waals surface area contributed by atoms with Crippen LogP contribution >= 0.6 is 11.3 Å². The first-order valence-corrected chi connectivity index (χ1v) is 7.85. The van der Waals surface area contributed by atoms with Crippen LogP contribution in [0.2, 0.25) is 0 Å². The SMILES string of the molecule is COC(=O)c1cc(C)sc1NC(=O)CCc1ccc(C)cc1. The number of carbonyl (C=O) groups excluding carboxylic acids is 2. The fraction of sp³-hybridized carbons (Fsp3) is 0.294. The van der Waals surface area contributed by atoms with Gasteiger partial charge in [0.15, 0.2) is 0 Å². The van der Waals surface area contributed by atoms with Crippen LogP contribution in [0.4, 0.5) is 5.00 Å². The van der Waals surface area contributed by atoms with Crippen LogP contribution in [-0.2, 0) is 16.0 Å². The van der Waals surface area contributed by atoms with Crippen molar-refractivity contribution in [1.82, 2.24) is 0 Å². The number of hydrogen-bond acceptors (Lipinski definition) is 4. The van der Waals surface area contributed by atoms with Crippen LogP contribution in [0.3, 0.4) is 0 Å². The smallest absolute Gasteiger partial charge is 0.340 e. The Labute approximate surface area is 134 Å². The number of amides is 1. The molecule has 1 aromatic carbocycles. The highest BCUT2D eigenvalue weighted by Crippen LogP contribution is 2.28. The fourth-order valence-corrected chi connectivity index (χ4v) is 2.99. The van der Waals surface area contributed by atoms with Gasteiger partial charge in [-0.25, -0.2) is 4.79 Å². The summed E-state index contributed by atoms with van der Waals surface area (Å²) in [6.07, 6.45) is 1.05. The number of methoxy groups -OCH3 is 1. The first kappa shape index (κ1) is 16.2. The number of hydrogen-bond donors (Lipinski definition) is 1. The van der Waals surface area contributed by atoms with Crippen LogP contribution in [-0.4, -0.2) is 19.0 Å². The molecule has 1 amide bonds. The quantitative estimate of drug-likeness (QED) is 0.855. The molecular weight excluding hydrogens is 298 g/mol. The number of ether oxygens (including phenoxy) is 1. The molecule has 0 atom stereocenters. The Morgan fingerprint density at radius 2 is 1.86 bits per heavy atom. The van der Waals surface area contributed by atoms with Gasteiger partial charge in [0.05, 0.1) is 12.7 Å². The van der Waals surface area contributed by atoms with Crippen molar-refractivity contribution in [3.8, 4) is 0 Å². The third kappa shape index (κ3) is 4.18. The molecule has 0 aliphatic carbocycles. The van der Waals surface area contributed by atoms with E-state index in [1.807, 2.05) is 38.1 Å². The first-order chi connectivity index (χ1) is 10.5. The number of thiophene rings is 1. The molecule has 0 fully saturated rings. The van der Waals surface area contributed by atoms with Gasteiger partial charge >= 0.3 is 5.97 Å². The van der Waals surface area contributed by atoms with Gasteiger partial charge in [-0.3, -0.25) is 4.79 Å². The normalized spacial score (nSPS) is 10.3. The molecule has 0 unspecified atom stereocenters. The zero-order valence-corrected chi connectivity index (χ0v) is 13.8. The molecule has 0 aliphatic rings. The van der Waals surface area contributed by atoms with Crippen LogP contribution in [0.25, 0.3) is 0 Å². The standard InChI is InChI=1S/C17H19NO3S/c1-11-4-6-13(7-5-11)8-9-15(19)18-16-14(17(20)21-3)10-12(2)22-16/h4-7,10H,8-9H2,1-3H3,(H,18,19). The Kier molecular flexibility index (Phi) is 5.33. The summed E-state index contributed by atoms with van der Waals surface area (Å²) in [7, 11) is 1.33. The highest BCUT2D eigenvalue weighted by molar-refractivity contribution is 7.16. The summed E-state index contributed by atoms with van der Waals surface area (Å²) in [6.45, 7) is 3.92. The summed E-state index contributed by atoms with van der Waals surface area (Å²) in [5, 5.41) is 3.36. The van der Waals surface area contributed by atoms with Crippen molar-refractivity contribution in [1.29, 1.82) is 0 Å². The predicted molar refractivity (Wildman–Crippen MR) is 88.5 cm³/mol. The molecule has 0 saturated heterocycles. The van der Waals surface area contributed by atoms with Crippen LogP contribution in [0.5, 0.6) is 0 Å². The summed E-state index contributed by atoms with van der Waals surface area (Å²) in [4.78, 5) is 24.7. The number of nitrogens with one attached hydrogen (secondary N) is 1. The highest BCUT2D eigenvalue weighted by atomic mass is 32.1.